The van der Waals surface area contributed by atoms with Gasteiger partial charge in [-0.25, -0.2) is 4.98 Å². The van der Waals surface area contributed by atoms with E-state index >= 15 is 0 Å². The van der Waals surface area contributed by atoms with E-state index in [4.69, 9.17) is 4.74 Å². The van der Waals surface area contributed by atoms with Crippen LogP contribution in [0.2, 0.25) is 0 Å². The van der Waals surface area contributed by atoms with Crippen molar-refractivity contribution in [1.82, 2.24) is 4.98 Å². The molecule has 8 heteroatoms. The largest absolute Gasteiger partial charge is 0.507 e. The zero-order chi connectivity index (χ0) is 22.8. The second-order valence-corrected chi connectivity index (χ2v) is 8.30. The van der Waals surface area contributed by atoms with Gasteiger partial charge in [-0.1, -0.05) is 24.3 Å². The lowest BCUT2D eigenvalue weighted by molar-refractivity contribution is -0.132. The summed E-state index contributed by atoms with van der Waals surface area (Å²) in [7, 11) is 3.87. The molecular weight excluding hydrogens is 426 g/mol. The molecule has 1 aliphatic rings. The number of carbonyl (C=O) groups excluding carboxylic acids is 2. The van der Waals surface area contributed by atoms with Gasteiger partial charge in [-0.15, -0.1) is 11.3 Å². The number of carbonyl (C=O) groups is 2. The Balaban J connectivity index is 1.89. The Labute approximate surface area is 190 Å². The van der Waals surface area contributed by atoms with Crippen molar-refractivity contribution < 1.29 is 19.4 Å². The number of aliphatic hydroxyl groups excluding tert-OH is 1. The van der Waals surface area contributed by atoms with Gasteiger partial charge in [0, 0.05) is 36.9 Å². The molecule has 4 rings (SSSR count). The van der Waals surface area contributed by atoms with Gasteiger partial charge >= 0.3 is 5.91 Å². The van der Waals surface area contributed by atoms with Crippen molar-refractivity contribution in [2.45, 2.75) is 13.0 Å². The van der Waals surface area contributed by atoms with Crippen molar-refractivity contribution in [1.29, 1.82) is 0 Å². The molecule has 3 aromatic rings. The minimum Gasteiger partial charge on any atom is -0.507 e. The first-order valence-electron chi connectivity index (χ1n) is 10.1. The summed E-state index contributed by atoms with van der Waals surface area (Å²) in [5, 5.41) is 13.3. The number of benzene rings is 2. The fourth-order valence-corrected chi connectivity index (χ4v) is 4.36. The van der Waals surface area contributed by atoms with Crippen molar-refractivity contribution in [2.24, 2.45) is 0 Å². The van der Waals surface area contributed by atoms with Gasteiger partial charge < -0.3 is 14.7 Å². The summed E-state index contributed by atoms with van der Waals surface area (Å²) < 4.78 is 5.53. The van der Waals surface area contributed by atoms with Gasteiger partial charge in [0.1, 0.15) is 11.5 Å². The molecule has 164 valence electrons. The highest BCUT2D eigenvalue weighted by Crippen LogP contribution is 2.43. The van der Waals surface area contributed by atoms with E-state index in [1.165, 1.54) is 16.2 Å². The molecular formula is C24H23N3O4S. The highest BCUT2D eigenvalue weighted by molar-refractivity contribution is 7.14. The summed E-state index contributed by atoms with van der Waals surface area (Å²) >= 11 is 1.26. The molecule has 0 spiro atoms. The predicted octanol–water partition coefficient (Wildman–Crippen LogP) is 4.23. The second kappa shape index (κ2) is 8.84. The summed E-state index contributed by atoms with van der Waals surface area (Å²) in [5.74, 6) is -1.14. The van der Waals surface area contributed by atoms with Crippen molar-refractivity contribution in [3.8, 4) is 5.75 Å². The fourth-order valence-electron chi connectivity index (χ4n) is 3.69. The standard InChI is InChI=1S/C24H23N3O4S/c1-4-31-18-7-5-6-16(14-18)21(28)19-20(15-8-10-17(11-9-15)26(2)3)27(23(30)22(19)29)24-25-12-13-32-24/h5-14,20,28H,4H2,1-3H3/b21-19+. The molecule has 1 amide bonds. The fraction of sp³-hybridized carbons (Fsp3) is 0.208. The van der Waals surface area contributed by atoms with Crippen LogP contribution in [0.15, 0.2) is 65.7 Å². The molecule has 1 unspecified atom stereocenters. The van der Waals surface area contributed by atoms with E-state index in [-0.39, 0.29) is 11.3 Å². The molecule has 0 bridgehead atoms. The second-order valence-electron chi connectivity index (χ2n) is 7.43. The predicted molar refractivity (Wildman–Crippen MR) is 125 cm³/mol. The monoisotopic (exact) mass is 449 g/mol. The Kier molecular flexibility index (Phi) is 5.96. The molecule has 0 radical (unpaired) electrons. The topological polar surface area (TPSA) is 83.0 Å². The van der Waals surface area contributed by atoms with Crippen LogP contribution in [0.5, 0.6) is 5.75 Å². The number of hydrogen-bond acceptors (Lipinski definition) is 7. The van der Waals surface area contributed by atoms with Gasteiger partial charge in [-0.2, -0.15) is 0 Å². The number of Topliss-reactive ketones (excluding diaryl/α,β-unsaturated/α-hetero) is 1. The molecule has 2 aromatic carbocycles. The molecule has 1 atom stereocenters. The first-order valence-corrected chi connectivity index (χ1v) is 11.0. The normalized spacial score (nSPS) is 17.6. The zero-order valence-electron chi connectivity index (χ0n) is 18.0. The average molecular weight is 450 g/mol. The maximum absolute atomic E-state index is 13.1. The number of amides is 1. The van der Waals surface area contributed by atoms with Gasteiger partial charge in [0.05, 0.1) is 18.2 Å². The molecule has 2 heterocycles. The average Bonchev–Trinajstić information content (AvgIpc) is 3.41. The highest BCUT2D eigenvalue weighted by Gasteiger charge is 2.48. The number of ether oxygens (including phenoxy) is 1. The molecule has 1 saturated heterocycles. The third kappa shape index (κ3) is 3.85. The number of nitrogens with zero attached hydrogens (tertiary/aromatic N) is 3. The Bertz CT molecular complexity index is 1170. The quantitative estimate of drug-likeness (QED) is 0.344. The van der Waals surface area contributed by atoms with Gasteiger partial charge in [0.25, 0.3) is 5.78 Å². The van der Waals surface area contributed by atoms with Crippen molar-refractivity contribution in [2.75, 3.05) is 30.5 Å². The summed E-state index contributed by atoms with van der Waals surface area (Å²) in [6.07, 6.45) is 1.58. The van der Waals surface area contributed by atoms with E-state index in [0.717, 1.165) is 5.69 Å². The Morgan fingerprint density at radius 3 is 2.56 bits per heavy atom. The number of rotatable bonds is 6. The lowest BCUT2D eigenvalue weighted by Gasteiger charge is -2.23. The Hall–Kier alpha value is -3.65. The highest BCUT2D eigenvalue weighted by atomic mass is 32.1. The number of ketones is 1. The summed E-state index contributed by atoms with van der Waals surface area (Å²) in [6.45, 7) is 2.33. The molecule has 0 saturated carbocycles. The molecule has 1 aromatic heterocycles. The summed E-state index contributed by atoms with van der Waals surface area (Å²) in [4.78, 5) is 33.7. The number of anilines is 2. The molecule has 32 heavy (non-hydrogen) atoms. The van der Waals surface area contributed by atoms with E-state index in [9.17, 15) is 14.7 Å². The minimum absolute atomic E-state index is 0.0245. The molecule has 0 aliphatic carbocycles. The lowest BCUT2D eigenvalue weighted by Crippen LogP contribution is -2.29. The van der Waals surface area contributed by atoms with Crippen LogP contribution in [0.1, 0.15) is 24.1 Å². The first kappa shape index (κ1) is 21.6. The van der Waals surface area contributed by atoms with E-state index < -0.39 is 17.7 Å². The third-order valence-corrected chi connectivity index (χ3v) is 5.98. The van der Waals surface area contributed by atoms with E-state index in [1.54, 1.807) is 35.8 Å². The van der Waals surface area contributed by atoms with Gasteiger partial charge in [-0.3, -0.25) is 14.5 Å². The number of hydrogen-bond donors (Lipinski definition) is 1. The lowest BCUT2D eigenvalue weighted by atomic mass is 9.95. The third-order valence-electron chi connectivity index (χ3n) is 5.21. The van der Waals surface area contributed by atoms with Crippen LogP contribution in [-0.2, 0) is 9.59 Å². The van der Waals surface area contributed by atoms with E-state index in [2.05, 4.69) is 4.98 Å². The summed E-state index contributed by atoms with van der Waals surface area (Å²) in [5.41, 5.74) is 2.11. The van der Waals surface area contributed by atoms with Gasteiger partial charge in [-0.05, 0) is 36.8 Å². The van der Waals surface area contributed by atoms with E-state index in [1.807, 2.05) is 50.2 Å². The zero-order valence-corrected chi connectivity index (χ0v) is 18.8. The van der Waals surface area contributed by atoms with Crippen LogP contribution < -0.4 is 14.5 Å². The molecule has 1 fully saturated rings. The van der Waals surface area contributed by atoms with Crippen LogP contribution in [0.25, 0.3) is 5.76 Å². The smallest absolute Gasteiger partial charge is 0.301 e. The summed E-state index contributed by atoms with van der Waals surface area (Å²) in [6, 6.07) is 13.6. The van der Waals surface area contributed by atoms with E-state index in [0.29, 0.717) is 28.6 Å². The number of aromatic nitrogens is 1. The van der Waals surface area contributed by atoms with Crippen molar-refractivity contribution in [3.05, 3.63) is 76.8 Å². The number of aliphatic hydroxyl groups is 1. The van der Waals surface area contributed by atoms with Crippen molar-refractivity contribution >= 4 is 39.6 Å². The van der Waals surface area contributed by atoms with Crippen LogP contribution in [-0.4, -0.2) is 42.5 Å². The Morgan fingerprint density at radius 1 is 1.19 bits per heavy atom. The molecule has 1 N–H and O–H groups in total. The molecule has 7 nitrogen and oxygen atoms in total. The Morgan fingerprint density at radius 2 is 1.94 bits per heavy atom. The van der Waals surface area contributed by atoms with Crippen LogP contribution in [0.3, 0.4) is 0 Å². The van der Waals surface area contributed by atoms with Crippen LogP contribution >= 0.6 is 11.3 Å². The maximum atomic E-state index is 13.1. The molecule has 1 aliphatic heterocycles. The van der Waals surface area contributed by atoms with Crippen molar-refractivity contribution in [3.63, 3.8) is 0 Å². The van der Waals surface area contributed by atoms with Gasteiger partial charge in [0.2, 0.25) is 0 Å². The maximum Gasteiger partial charge on any atom is 0.301 e. The minimum atomic E-state index is -0.798. The SMILES string of the molecule is CCOc1cccc(/C(O)=C2\C(=O)C(=O)N(c3nccs3)C2c2ccc(N(C)C)cc2)c1. The van der Waals surface area contributed by atoms with Gasteiger partial charge in [0.15, 0.2) is 5.13 Å². The first-order chi connectivity index (χ1) is 15.4. The van der Waals surface area contributed by atoms with Crippen LogP contribution in [0, 0.1) is 0 Å². The number of thiazole rings is 1. The van der Waals surface area contributed by atoms with Crippen LogP contribution in [0.4, 0.5) is 10.8 Å².